The molecule has 19 heavy (non-hydrogen) atoms. The van der Waals surface area contributed by atoms with Crippen molar-refractivity contribution in [3.63, 3.8) is 0 Å². The highest BCUT2D eigenvalue weighted by Crippen LogP contribution is 2.22. The van der Waals surface area contributed by atoms with Gasteiger partial charge >= 0.3 is 0 Å². The van der Waals surface area contributed by atoms with E-state index < -0.39 is 0 Å². The van der Waals surface area contributed by atoms with Gasteiger partial charge in [0.05, 0.1) is 11.4 Å². The van der Waals surface area contributed by atoms with Gasteiger partial charge in [0.2, 0.25) is 0 Å². The molecule has 100 valence electrons. The topological polar surface area (TPSA) is 38.0 Å². The number of rotatable bonds is 4. The van der Waals surface area contributed by atoms with Crippen molar-refractivity contribution >= 4 is 11.4 Å². The van der Waals surface area contributed by atoms with E-state index >= 15 is 0 Å². The van der Waals surface area contributed by atoms with Gasteiger partial charge < -0.3 is 11.1 Å². The summed E-state index contributed by atoms with van der Waals surface area (Å²) in [7, 11) is 0. The van der Waals surface area contributed by atoms with Crippen molar-refractivity contribution in [1.82, 2.24) is 0 Å². The summed E-state index contributed by atoms with van der Waals surface area (Å²) < 4.78 is 0. The second-order valence-corrected chi connectivity index (χ2v) is 5.19. The normalized spacial score (nSPS) is 10.5. The molecule has 0 unspecified atom stereocenters. The van der Waals surface area contributed by atoms with Crippen molar-refractivity contribution in [2.45, 2.75) is 27.2 Å². The summed E-state index contributed by atoms with van der Waals surface area (Å²) in [6.45, 7) is 7.20. The number of anilines is 2. The van der Waals surface area contributed by atoms with Crippen molar-refractivity contribution in [3.8, 4) is 0 Å². The lowest BCUT2D eigenvalue weighted by Crippen LogP contribution is -2.07. The second-order valence-electron chi connectivity index (χ2n) is 5.19. The van der Waals surface area contributed by atoms with E-state index in [1.807, 2.05) is 6.07 Å². The van der Waals surface area contributed by atoms with Crippen LogP contribution in [-0.4, -0.2) is 6.54 Å². The van der Waals surface area contributed by atoms with Gasteiger partial charge in [-0.25, -0.2) is 0 Å². The summed E-state index contributed by atoms with van der Waals surface area (Å²) in [6.07, 6.45) is 1.01. The first-order valence-electron chi connectivity index (χ1n) is 6.72. The number of aryl methyl sites for hydroxylation is 3. The molecule has 2 heteroatoms. The average molecular weight is 254 g/mol. The van der Waals surface area contributed by atoms with E-state index in [-0.39, 0.29) is 0 Å². The predicted molar refractivity (Wildman–Crippen MR) is 83.7 cm³/mol. The Bertz CT molecular complexity index is 556. The maximum absolute atomic E-state index is 6.03. The van der Waals surface area contributed by atoms with Crippen LogP contribution in [0.1, 0.15) is 22.3 Å². The summed E-state index contributed by atoms with van der Waals surface area (Å²) >= 11 is 0. The molecule has 2 aromatic carbocycles. The molecule has 3 N–H and O–H groups in total. The van der Waals surface area contributed by atoms with Crippen LogP contribution in [0.5, 0.6) is 0 Å². The maximum atomic E-state index is 6.03. The third kappa shape index (κ3) is 3.50. The highest BCUT2D eigenvalue weighted by molar-refractivity contribution is 5.68. The Hall–Kier alpha value is -1.96. The van der Waals surface area contributed by atoms with Gasteiger partial charge in [0.1, 0.15) is 0 Å². The van der Waals surface area contributed by atoms with E-state index in [2.05, 4.69) is 56.4 Å². The molecule has 0 saturated heterocycles. The van der Waals surface area contributed by atoms with Crippen LogP contribution >= 0.6 is 0 Å². The number of nitrogens with one attached hydrogen (secondary N) is 1. The summed E-state index contributed by atoms with van der Waals surface area (Å²) in [6, 6.07) is 12.8. The second kappa shape index (κ2) is 5.79. The molecule has 0 bridgehead atoms. The van der Waals surface area contributed by atoms with Crippen LogP contribution < -0.4 is 11.1 Å². The van der Waals surface area contributed by atoms with Gasteiger partial charge in [-0.05, 0) is 56.0 Å². The van der Waals surface area contributed by atoms with Crippen LogP contribution in [0.2, 0.25) is 0 Å². The Labute approximate surface area is 115 Å². The first kappa shape index (κ1) is 13.5. The van der Waals surface area contributed by atoms with Crippen LogP contribution in [0.4, 0.5) is 11.4 Å². The SMILES string of the molecule is Cc1ccc(CCNc2cc(C)c(C)cc2N)cc1. The molecule has 2 aromatic rings. The summed E-state index contributed by atoms with van der Waals surface area (Å²) in [4.78, 5) is 0. The molecule has 2 nitrogen and oxygen atoms in total. The minimum absolute atomic E-state index is 0.826. The van der Waals surface area contributed by atoms with E-state index in [4.69, 9.17) is 5.73 Å². The van der Waals surface area contributed by atoms with Crippen LogP contribution in [0.25, 0.3) is 0 Å². The van der Waals surface area contributed by atoms with Crippen molar-refractivity contribution in [1.29, 1.82) is 0 Å². The number of nitrogen functional groups attached to an aromatic ring is 1. The zero-order chi connectivity index (χ0) is 13.8. The Morgan fingerprint density at radius 2 is 1.58 bits per heavy atom. The zero-order valence-corrected chi connectivity index (χ0v) is 12.0. The molecule has 0 saturated carbocycles. The van der Waals surface area contributed by atoms with Crippen LogP contribution in [0.3, 0.4) is 0 Å². The summed E-state index contributed by atoms with van der Waals surface area (Å²) in [5.41, 5.74) is 13.0. The first-order chi connectivity index (χ1) is 9.06. The number of benzene rings is 2. The van der Waals surface area contributed by atoms with Crippen molar-refractivity contribution < 1.29 is 0 Å². The first-order valence-corrected chi connectivity index (χ1v) is 6.72. The van der Waals surface area contributed by atoms with Gasteiger partial charge in [-0.2, -0.15) is 0 Å². The minimum Gasteiger partial charge on any atom is -0.397 e. The molecule has 0 amide bonds. The largest absolute Gasteiger partial charge is 0.397 e. The smallest absolute Gasteiger partial charge is 0.0576 e. The van der Waals surface area contributed by atoms with Gasteiger partial charge in [-0.3, -0.25) is 0 Å². The summed E-state index contributed by atoms with van der Waals surface area (Å²) in [5.74, 6) is 0. The molecule has 0 aromatic heterocycles. The maximum Gasteiger partial charge on any atom is 0.0576 e. The number of hydrogen-bond acceptors (Lipinski definition) is 2. The van der Waals surface area contributed by atoms with Crippen LogP contribution in [0, 0.1) is 20.8 Å². The molecule has 0 spiro atoms. The summed E-state index contributed by atoms with van der Waals surface area (Å²) in [5, 5.41) is 3.42. The monoisotopic (exact) mass is 254 g/mol. The van der Waals surface area contributed by atoms with Crippen LogP contribution in [-0.2, 0) is 6.42 Å². The molecule has 0 aliphatic carbocycles. The Kier molecular flexibility index (Phi) is 4.10. The lowest BCUT2D eigenvalue weighted by atomic mass is 10.1. The average Bonchev–Trinajstić information content (AvgIpc) is 2.38. The Balaban J connectivity index is 1.96. The molecule has 0 atom stereocenters. The van der Waals surface area contributed by atoms with Gasteiger partial charge in [0, 0.05) is 6.54 Å². The van der Waals surface area contributed by atoms with Crippen molar-refractivity contribution in [3.05, 3.63) is 58.7 Å². The Morgan fingerprint density at radius 1 is 0.947 bits per heavy atom. The van der Waals surface area contributed by atoms with Gasteiger partial charge in [0.25, 0.3) is 0 Å². The molecule has 0 fully saturated rings. The third-order valence-electron chi connectivity index (χ3n) is 3.52. The zero-order valence-electron chi connectivity index (χ0n) is 12.0. The molecule has 2 rings (SSSR count). The van der Waals surface area contributed by atoms with Gasteiger partial charge in [-0.1, -0.05) is 29.8 Å². The van der Waals surface area contributed by atoms with E-state index in [0.717, 1.165) is 24.3 Å². The highest BCUT2D eigenvalue weighted by Gasteiger charge is 2.02. The van der Waals surface area contributed by atoms with E-state index in [1.165, 1.54) is 22.3 Å². The quantitative estimate of drug-likeness (QED) is 0.813. The minimum atomic E-state index is 0.826. The molecule has 0 aliphatic rings. The highest BCUT2D eigenvalue weighted by atomic mass is 14.9. The predicted octanol–water partition coefficient (Wildman–Crippen LogP) is 3.85. The van der Waals surface area contributed by atoms with E-state index in [9.17, 15) is 0 Å². The molecular formula is C17H22N2. The van der Waals surface area contributed by atoms with E-state index in [0.29, 0.717) is 0 Å². The van der Waals surface area contributed by atoms with E-state index in [1.54, 1.807) is 0 Å². The lowest BCUT2D eigenvalue weighted by Gasteiger charge is -2.12. The fraction of sp³-hybridized carbons (Fsp3) is 0.294. The van der Waals surface area contributed by atoms with Crippen LogP contribution in [0.15, 0.2) is 36.4 Å². The molecule has 0 heterocycles. The third-order valence-corrected chi connectivity index (χ3v) is 3.52. The fourth-order valence-electron chi connectivity index (χ4n) is 2.09. The van der Waals surface area contributed by atoms with Gasteiger partial charge in [0.15, 0.2) is 0 Å². The number of nitrogens with two attached hydrogens (primary N) is 1. The standard InChI is InChI=1S/C17H22N2/c1-12-4-6-15(7-5-12)8-9-19-17-11-14(3)13(2)10-16(17)18/h4-7,10-11,19H,8-9,18H2,1-3H3. The fourth-order valence-corrected chi connectivity index (χ4v) is 2.09. The van der Waals surface area contributed by atoms with Crippen molar-refractivity contribution in [2.75, 3.05) is 17.6 Å². The molecule has 0 aliphatic heterocycles. The Morgan fingerprint density at radius 3 is 2.26 bits per heavy atom. The molecule has 0 radical (unpaired) electrons. The van der Waals surface area contributed by atoms with Gasteiger partial charge in [-0.15, -0.1) is 0 Å². The lowest BCUT2D eigenvalue weighted by molar-refractivity contribution is 1.02. The number of hydrogen-bond donors (Lipinski definition) is 2. The molecular weight excluding hydrogens is 232 g/mol. The van der Waals surface area contributed by atoms with Crippen molar-refractivity contribution in [2.24, 2.45) is 0 Å².